The number of urea groups is 1. The number of carbonyl (C=O) groups is 2. The highest BCUT2D eigenvalue weighted by Crippen LogP contribution is 2.30. The second-order valence-electron chi connectivity index (χ2n) is 7.07. The van der Waals surface area contributed by atoms with Gasteiger partial charge in [-0.1, -0.05) is 19.9 Å². The molecule has 0 aliphatic heterocycles. The topological polar surface area (TPSA) is 76.7 Å². The zero-order valence-corrected chi connectivity index (χ0v) is 17.0. The highest BCUT2D eigenvalue weighted by atomic mass is 16.5. The first-order valence-corrected chi connectivity index (χ1v) is 9.29. The van der Waals surface area contributed by atoms with E-state index in [1.54, 1.807) is 31.4 Å². The summed E-state index contributed by atoms with van der Waals surface area (Å²) >= 11 is 0. The lowest BCUT2D eigenvalue weighted by Gasteiger charge is -2.18. The molecule has 0 radical (unpaired) electrons. The first-order valence-electron chi connectivity index (χ1n) is 9.29. The number of benzene rings is 2. The number of amides is 2. The van der Waals surface area contributed by atoms with Crippen molar-refractivity contribution in [2.24, 2.45) is 5.92 Å². The summed E-state index contributed by atoms with van der Waals surface area (Å²) < 4.78 is 11.2. The molecule has 0 bridgehead atoms. The van der Waals surface area contributed by atoms with Gasteiger partial charge in [0.05, 0.1) is 19.8 Å². The van der Waals surface area contributed by atoms with Crippen LogP contribution in [0.15, 0.2) is 42.5 Å². The Labute approximate surface area is 166 Å². The summed E-state index contributed by atoms with van der Waals surface area (Å²) in [5.74, 6) is 1.71. The van der Waals surface area contributed by atoms with Crippen molar-refractivity contribution in [3.05, 3.63) is 53.6 Å². The van der Waals surface area contributed by atoms with Gasteiger partial charge in [-0.3, -0.25) is 4.79 Å². The SMILES string of the molecule is COc1cc([C@H](C)NC(=O)Nc2ccc(C(C)=O)cc2)ccc1OCC(C)C. The molecule has 0 heterocycles. The van der Waals surface area contributed by atoms with Crippen LogP contribution in [0.2, 0.25) is 0 Å². The zero-order valence-electron chi connectivity index (χ0n) is 17.0. The maximum Gasteiger partial charge on any atom is 0.319 e. The summed E-state index contributed by atoms with van der Waals surface area (Å²) in [6.45, 7) is 8.17. The minimum Gasteiger partial charge on any atom is -0.493 e. The molecular weight excluding hydrogens is 356 g/mol. The third-order valence-corrected chi connectivity index (χ3v) is 4.16. The van der Waals surface area contributed by atoms with Crippen LogP contribution < -0.4 is 20.1 Å². The molecule has 0 unspecified atom stereocenters. The highest BCUT2D eigenvalue weighted by Gasteiger charge is 2.14. The number of hydrogen-bond donors (Lipinski definition) is 2. The van der Waals surface area contributed by atoms with Crippen LogP contribution in [0, 0.1) is 5.92 Å². The average molecular weight is 384 g/mol. The van der Waals surface area contributed by atoms with Crippen LogP contribution in [0.3, 0.4) is 0 Å². The van der Waals surface area contributed by atoms with Crippen LogP contribution in [0.4, 0.5) is 10.5 Å². The normalized spacial score (nSPS) is 11.6. The lowest BCUT2D eigenvalue weighted by Crippen LogP contribution is -2.31. The van der Waals surface area contributed by atoms with Gasteiger partial charge in [0, 0.05) is 11.3 Å². The monoisotopic (exact) mass is 384 g/mol. The molecule has 0 aliphatic rings. The summed E-state index contributed by atoms with van der Waals surface area (Å²) in [5, 5.41) is 5.65. The first kappa shape index (κ1) is 21.3. The summed E-state index contributed by atoms with van der Waals surface area (Å²) in [6.07, 6.45) is 0. The summed E-state index contributed by atoms with van der Waals surface area (Å²) in [7, 11) is 1.59. The number of Topliss-reactive ketones (excluding diaryl/α,β-unsaturated/α-hetero) is 1. The second kappa shape index (κ2) is 9.78. The van der Waals surface area contributed by atoms with Crippen molar-refractivity contribution < 1.29 is 19.1 Å². The van der Waals surface area contributed by atoms with Gasteiger partial charge in [0.2, 0.25) is 0 Å². The Balaban J connectivity index is 1.99. The van der Waals surface area contributed by atoms with Crippen molar-refractivity contribution in [2.45, 2.75) is 33.7 Å². The van der Waals surface area contributed by atoms with Crippen LogP contribution in [0.5, 0.6) is 11.5 Å². The Morgan fingerprint density at radius 1 is 1.00 bits per heavy atom. The predicted molar refractivity (Wildman–Crippen MR) is 110 cm³/mol. The molecule has 2 rings (SSSR count). The predicted octanol–water partition coefficient (Wildman–Crippen LogP) is 4.82. The quantitative estimate of drug-likeness (QED) is 0.640. The smallest absolute Gasteiger partial charge is 0.319 e. The average Bonchev–Trinajstić information content (AvgIpc) is 2.66. The molecule has 0 fully saturated rings. The van der Waals surface area contributed by atoms with Gasteiger partial charge in [-0.05, 0) is 61.7 Å². The largest absolute Gasteiger partial charge is 0.493 e. The molecule has 6 heteroatoms. The van der Waals surface area contributed by atoms with Crippen molar-refractivity contribution >= 4 is 17.5 Å². The summed E-state index contributed by atoms with van der Waals surface area (Å²) in [6, 6.07) is 11.8. The molecule has 28 heavy (non-hydrogen) atoms. The molecule has 0 saturated carbocycles. The molecule has 2 N–H and O–H groups in total. The van der Waals surface area contributed by atoms with E-state index >= 15 is 0 Å². The lowest BCUT2D eigenvalue weighted by molar-refractivity contribution is 0.101. The minimum atomic E-state index is -0.331. The van der Waals surface area contributed by atoms with Gasteiger partial charge < -0.3 is 20.1 Å². The van der Waals surface area contributed by atoms with Crippen molar-refractivity contribution in [1.29, 1.82) is 0 Å². The number of ketones is 1. The van der Waals surface area contributed by atoms with E-state index in [0.717, 1.165) is 5.56 Å². The van der Waals surface area contributed by atoms with Crippen molar-refractivity contribution in [3.63, 3.8) is 0 Å². The van der Waals surface area contributed by atoms with Gasteiger partial charge in [-0.2, -0.15) is 0 Å². The van der Waals surface area contributed by atoms with Gasteiger partial charge in [0.15, 0.2) is 17.3 Å². The molecule has 150 valence electrons. The van der Waals surface area contributed by atoms with Crippen molar-refractivity contribution in [3.8, 4) is 11.5 Å². The fourth-order valence-corrected chi connectivity index (χ4v) is 2.56. The van der Waals surface area contributed by atoms with E-state index in [2.05, 4.69) is 24.5 Å². The van der Waals surface area contributed by atoms with E-state index < -0.39 is 0 Å². The lowest BCUT2D eigenvalue weighted by atomic mass is 10.1. The van der Waals surface area contributed by atoms with E-state index in [1.807, 2.05) is 25.1 Å². The zero-order chi connectivity index (χ0) is 20.7. The number of ether oxygens (including phenoxy) is 2. The van der Waals surface area contributed by atoms with Crippen LogP contribution in [0.1, 0.15) is 49.7 Å². The van der Waals surface area contributed by atoms with Gasteiger partial charge in [-0.25, -0.2) is 4.79 Å². The maximum atomic E-state index is 12.3. The maximum absolute atomic E-state index is 12.3. The minimum absolute atomic E-state index is 0.0145. The van der Waals surface area contributed by atoms with E-state index in [9.17, 15) is 9.59 Å². The Morgan fingerprint density at radius 2 is 1.68 bits per heavy atom. The first-order chi connectivity index (χ1) is 13.3. The summed E-state index contributed by atoms with van der Waals surface area (Å²) in [5.41, 5.74) is 2.12. The fourth-order valence-electron chi connectivity index (χ4n) is 2.56. The number of hydrogen-bond acceptors (Lipinski definition) is 4. The van der Waals surface area contributed by atoms with Crippen molar-refractivity contribution in [2.75, 3.05) is 19.0 Å². The standard InChI is InChI=1S/C22H28N2O4/c1-14(2)13-28-20-11-8-18(12-21(20)27-5)15(3)23-22(26)24-19-9-6-17(7-10-19)16(4)25/h6-12,14-15H,13H2,1-5H3,(H2,23,24,26)/t15-/m0/s1. The highest BCUT2D eigenvalue weighted by molar-refractivity contribution is 5.95. The molecule has 2 amide bonds. The number of rotatable bonds is 8. The van der Waals surface area contributed by atoms with E-state index in [4.69, 9.17) is 9.47 Å². The number of anilines is 1. The Hall–Kier alpha value is -3.02. The molecule has 0 aromatic heterocycles. The Kier molecular flexibility index (Phi) is 7.44. The molecule has 2 aromatic rings. The molecule has 0 spiro atoms. The van der Waals surface area contributed by atoms with Crippen LogP contribution in [-0.2, 0) is 0 Å². The number of methoxy groups -OCH3 is 1. The van der Waals surface area contributed by atoms with Gasteiger partial charge in [0.1, 0.15) is 0 Å². The van der Waals surface area contributed by atoms with Gasteiger partial charge in [0.25, 0.3) is 0 Å². The van der Waals surface area contributed by atoms with E-state index in [0.29, 0.717) is 35.3 Å². The van der Waals surface area contributed by atoms with Crippen molar-refractivity contribution in [1.82, 2.24) is 5.32 Å². The van der Waals surface area contributed by atoms with Gasteiger partial charge >= 0.3 is 6.03 Å². The van der Waals surface area contributed by atoms with E-state index in [-0.39, 0.29) is 17.9 Å². The number of nitrogens with one attached hydrogen (secondary N) is 2. The molecule has 0 aliphatic carbocycles. The van der Waals surface area contributed by atoms with E-state index in [1.165, 1.54) is 6.92 Å². The Bertz CT molecular complexity index is 816. The number of carbonyl (C=O) groups excluding carboxylic acids is 2. The third kappa shape index (κ3) is 6.01. The Morgan fingerprint density at radius 3 is 2.25 bits per heavy atom. The molecule has 1 atom stereocenters. The van der Waals surface area contributed by atoms with Crippen LogP contribution >= 0.6 is 0 Å². The molecule has 0 saturated heterocycles. The van der Waals surface area contributed by atoms with Crippen LogP contribution in [-0.4, -0.2) is 25.5 Å². The second-order valence-corrected chi connectivity index (χ2v) is 7.07. The molecule has 6 nitrogen and oxygen atoms in total. The summed E-state index contributed by atoms with van der Waals surface area (Å²) in [4.78, 5) is 23.6. The third-order valence-electron chi connectivity index (χ3n) is 4.16. The molecule has 2 aromatic carbocycles. The van der Waals surface area contributed by atoms with Gasteiger partial charge in [-0.15, -0.1) is 0 Å². The molecular formula is C22H28N2O4. The van der Waals surface area contributed by atoms with Crippen LogP contribution in [0.25, 0.3) is 0 Å². The fraction of sp³-hybridized carbons (Fsp3) is 0.364.